The quantitative estimate of drug-likeness (QED) is 0.592. The molecule has 1 fully saturated rings. The first-order valence-corrected chi connectivity index (χ1v) is 7.48. The molecular formula is C16H25N3O2. The third-order valence-corrected chi connectivity index (χ3v) is 3.82. The number of likely N-dealkylation sites (N-methyl/N-ethyl adjacent to an activating group) is 1. The van der Waals surface area contributed by atoms with Crippen LogP contribution in [-0.4, -0.2) is 50.7 Å². The van der Waals surface area contributed by atoms with Crippen molar-refractivity contribution in [2.45, 2.75) is 12.8 Å². The number of benzene rings is 1. The van der Waals surface area contributed by atoms with Gasteiger partial charge < -0.3 is 20.1 Å². The predicted molar refractivity (Wildman–Crippen MR) is 84.0 cm³/mol. The standard InChI is InChI=1S/C16H25N3O2/c1-19(12-13-6-9-20-10-7-13)8-11-21-15-4-2-14(3-5-15)16(17)18/h2-5,13H,6-12H2,1H3,(H3,17,18). The van der Waals surface area contributed by atoms with Gasteiger partial charge in [0, 0.05) is 31.9 Å². The van der Waals surface area contributed by atoms with Crippen LogP contribution in [0.5, 0.6) is 5.75 Å². The summed E-state index contributed by atoms with van der Waals surface area (Å²) in [5, 5.41) is 7.34. The van der Waals surface area contributed by atoms with Crippen LogP contribution in [-0.2, 0) is 4.74 Å². The van der Waals surface area contributed by atoms with E-state index in [0.29, 0.717) is 6.61 Å². The normalized spacial score (nSPS) is 16.1. The average Bonchev–Trinajstić information content (AvgIpc) is 2.49. The Morgan fingerprint density at radius 1 is 1.33 bits per heavy atom. The molecule has 1 heterocycles. The number of hydrogen-bond donors (Lipinski definition) is 2. The molecule has 0 spiro atoms. The van der Waals surface area contributed by atoms with Crippen LogP contribution in [0.2, 0.25) is 0 Å². The van der Waals surface area contributed by atoms with Crippen LogP contribution >= 0.6 is 0 Å². The van der Waals surface area contributed by atoms with Gasteiger partial charge in [0.25, 0.3) is 0 Å². The molecule has 1 aromatic rings. The van der Waals surface area contributed by atoms with Gasteiger partial charge in [-0.2, -0.15) is 0 Å². The number of nitrogens with two attached hydrogens (primary N) is 1. The summed E-state index contributed by atoms with van der Waals surface area (Å²) in [6, 6.07) is 7.33. The molecule has 2 rings (SSSR count). The first-order chi connectivity index (χ1) is 10.1. The second-order valence-electron chi connectivity index (χ2n) is 5.60. The highest BCUT2D eigenvalue weighted by molar-refractivity contribution is 5.94. The van der Waals surface area contributed by atoms with Crippen molar-refractivity contribution in [3.8, 4) is 5.75 Å². The number of nitrogens with one attached hydrogen (secondary N) is 1. The Morgan fingerprint density at radius 2 is 2.00 bits per heavy atom. The van der Waals surface area contributed by atoms with Gasteiger partial charge in [-0.1, -0.05) is 0 Å². The Hall–Kier alpha value is -1.59. The summed E-state index contributed by atoms with van der Waals surface area (Å²) < 4.78 is 11.1. The fourth-order valence-electron chi connectivity index (χ4n) is 2.51. The zero-order valence-electron chi connectivity index (χ0n) is 12.7. The van der Waals surface area contributed by atoms with E-state index in [1.54, 1.807) is 0 Å². The molecule has 0 radical (unpaired) electrons. The molecule has 5 nitrogen and oxygen atoms in total. The number of ether oxygens (including phenoxy) is 2. The minimum atomic E-state index is 0.0812. The van der Waals surface area contributed by atoms with Crippen molar-refractivity contribution < 1.29 is 9.47 Å². The summed E-state index contributed by atoms with van der Waals surface area (Å²) in [5.74, 6) is 1.65. The van der Waals surface area contributed by atoms with Gasteiger partial charge in [-0.05, 0) is 50.1 Å². The molecule has 0 unspecified atom stereocenters. The highest BCUT2D eigenvalue weighted by atomic mass is 16.5. The molecule has 5 heteroatoms. The Morgan fingerprint density at radius 3 is 2.62 bits per heavy atom. The van der Waals surface area contributed by atoms with E-state index in [1.807, 2.05) is 24.3 Å². The molecule has 0 aliphatic carbocycles. The molecule has 21 heavy (non-hydrogen) atoms. The maximum Gasteiger partial charge on any atom is 0.122 e. The second kappa shape index (κ2) is 8.00. The van der Waals surface area contributed by atoms with Crippen LogP contribution in [0.3, 0.4) is 0 Å². The molecule has 0 amide bonds. The van der Waals surface area contributed by atoms with E-state index in [4.69, 9.17) is 20.6 Å². The maximum absolute atomic E-state index is 7.34. The smallest absolute Gasteiger partial charge is 0.122 e. The minimum Gasteiger partial charge on any atom is -0.492 e. The van der Waals surface area contributed by atoms with Crippen LogP contribution in [0.1, 0.15) is 18.4 Å². The summed E-state index contributed by atoms with van der Waals surface area (Å²) in [6.07, 6.45) is 2.33. The zero-order chi connectivity index (χ0) is 15.1. The van der Waals surface area contributed by atoms with Gasteiger partial charge in [-0.3, -0.25) is 5.41 Å². The average molecular weight is 291 g/mol. The lowest BCUT2D eigenvalue weighted by atomic mass is 10.00. The van der Waals surface area contributed by atoms with Crippen molar-refractivity contribution in [1.29, 1.82) is 5.41 Å². The molecule has 0 aromatic heterocycles. The topological polar surface area (TPSA) is 71.6 Å². The lowest BCUT2D eigenvalue weighted by molar-refractivity contribution is 0.0543. The summed E-state index contributed by atoms with van der Waals surface area (Å²) in [7, 11) is 2.14. The largest absolute Gasteiger partial charge is 0.492 e. The van der Waals surface area contributed by atoms with Crippen molar-refractivity contribution in [2.24, 2.45) is 11.7 Å². The Labute approximate surface area is 126 Å². The van der Waals surface area contributed by atoms with Crippen LogP contribution < -0.4 is 10.5 Å². The summed E-state index contributed by atoms with van der Waals surface area (Å²) >= 11 is 0. The van der Waals surface area contributed by atoms with Crippen LogP contribution in [0, 0.1) is 11.3 Å². The van der Waals surface area contributed by atoms with Crippen molar-refractivity contribution in [3.63, 3.8) is 0 Å². The molecule has 1 aliphatic rings. The lowest BCUT2D eigenvalue weighted by Gasteiger charge is -2.27. The van der Waals surface area contributed by atoms with Gasteiger partial charge >= 0.3 is 0 Å². The summed E-state index contributed by atoms with van der Waals surface area (Å²) in [4.78, 5) is 2.32. The molecule has 3 N–H and O–H groups in total. The highest BCUT2D eigenvalue weighted by Crippen LogP contribution is 2.15. The monoisotopic (exact) mass is 291 g/mol. The number of hydrogen-bond acceptors (Lipinski definition) is 4. The molecule has 0 atom stereocenters. The van der Waals surface area contributed by atoms with Gasteiger partial charge in [-0.15, -0.1) is 0 Å². The maximum atomic E-state index is 7.34. The van der Waals surface area contributed by atoms with E-state index in [-0.39, 0.29) is 5.84 Å². The number of rotatable bonds is 7. The third-order valence-electron chi connectivity index (χ3n) is 3.82. The first kappa shape index (κ1) is 15.8. The molecule has 1 aromatic carbocycles. The van der Waals surface area contributed by atoms with Gasteiger partial charge in [-0.25, -0.2) is 0 Å². The van der Waals surface area contributed by atoms with E-state index in [9.17, 15) is 0 Å². The molecule has 116 valence electrons. The molecule has 1 saturated heterocycles. The summed E-state index contributed by atoms with van der Waals surface area (Å²) in [5.41, 5.74) is 6.14. The fraction of sp³-hybridized carbons (Fsp3) is 0.562. The first-order valence-electron chi connectivity index (χ1n) is 7.48. The van der Waals surface area contributed by atoms with E-state index in [1.165, 1.54) is 0 Å². The van der Waals surface area contributed by atoms with Gasteiger partial charge in [0.15, 0.2) is 0 Å². The van der Waals surface area contributed by atoms with Crippen molar-refractivity contribution in [1.82, 2.24) is 4.90 Å². The van der Waals surface area contributed by atoms with Crippen molar-refractivity contribution in [3.05, 3.63) is 29.8 Å². The van der Waals surface area contributed by atoms with Gasteiger partial charge in [0.2, 0.25) is 0 Å². The fourth-order valence-corrected chi connectivity index (χ4v) is 2.51. The van der Waals surface area contributed by atoms with Crippen LogP contribution in [0.25, 0.3) is 0 Å². The molecule has 1 aliphatic heterocycles. The van der Waals surface area contributed by atoms with Crippen LogP contribution in [0.15, 0.2) is 24.3 Å². The molecular weight excluding hydrogens is 266 g/mol. The van der Waals surface area contributed by atoms with E-state index in [0.717, 1.165) is 56.4 Å². The third kappa shape index (κ3) is 5.36. The van der Waals surface area contributed by atoms with Gasteiger partial charge in [0.1, 0.15) is 18.2 Å². The van der Waals surface area contributed by atoms with E-state index in [2.05, 4.69) is 11.9 Å². The van der Waals surface area contributed by atoms with Gasteiger partial charge in [0.05, 0.1) is 0 Å². The van der Waals surface area contributed by atoms with Crippen molar-refractivity contribution >= 4 is 5.84 Å². The Balaban J connectivity index is 1.67. The lowest BCUT2D eigenvalue weighted by Crippen LogP contribution is -2.32. The SMILES string of the molecule is CN(CCOc1ccc(C(=N)N)cc1)CC1CCOCC1. The summed E-state index contributed by atoms with van der Waals surface area (Å²) in [6.45, 7) is 4.48. The Bertz CT molecular complexity index is 441. The highest BCUT2D eigenvalue weighted by Gasteiger charge is 2.15. The minimum absolute atomic E-state index is 0.0812. The molecule has 0 saturated carbocycles. The predicted octanol–water partition coefficient (Wildman–Crippen LogP) is 1.71. The second-order valence-corrected chi connectivity index (χ2v) is 5.60. The number of nitrogens with zero attached hydrogens (tertiary/aromatic N) is 1. The van der Waals surface area contributed by atoms with E-state index >= 15 is 0 Å². The zero-order valence-corrected chi connectivity index (χ0v) is 12.7. The number of nitrogen functional groups attached to an aromatic ring is 1. The molecule has 0 bridgehead atoms. The van der Waals surface area contributed by atoms with Crippen molar-refractivity contribution in [2.75, 3.05) is 40.0 Å². The number of amidine groups is 1. The van der Waals surface area contributed by atoms with Crippen LogP contribution in [0.4, 0.5) is 0 Å². The Kier molecular flexibility index (Phi) is 6.02. The van der Waals surface area contributed by atoms with E-state index < -0.39 is 0 Å².